The minimum Gasteiger partial charge on any atom is -0.466 e. The Bertz CT molecular complexity index is 754. The molecule has 1 saturated heterocycles. The average Bonchev–Trinajstić information content (AvgIpc) is 3.05. The first-order valence-electron chi connectivity index (χ1n) is 7.82. The molecule has 0 bridgehead atoms. The highest BCUT2D eigenvalue weighted by atomic mass is 16.6. The Labute approximate surface area is 149 Å². The summed E-state index contributed by atoms with van der Waals surface area (Å²) in [6.45, 7) is -0.0854. The molecule has 2 amide bonds. The first kappa shape index (κ1) is 19.0. The second-order valence-electron chi connectivity index (χ2n) is 5.40. The number of benzene rings is 1. The molecule has 1 heterocycles. The van der Waals surface area contributed by atoms with Gasteiger partial charge in [0, 0.05) is 12.5 Å². The van der Waals surface area contributed by atoms with Crippen LogP contribution in [0.5, 0.6) is 0 Å². The number of imide groups is 1. The summed E-state index contributed by atoms with van der Waals surface area (Å²) in [6, 6.07) is 7.84. The molecule has 1 aliphatic rings. The van der Waals surface area contributed by atoms with Crippen LogP contribution in [0.3, 0.4) is 0 Å². The lowest BCUT2D eigenvalue weighted by molar-refractivity contribution is -0.148. The van der Waals surface area contributed by atoms with Gasteiger partial charge < -0.3 is 9.47 Å². The lowest BCUT2D eigenvalue weighted by Gasteiger charge is -2.18. The molecule has 0 aromatic heterocycles. The van der Waals surface area contributed by atoms with E-state index in [2.05, 4.69) is 4.74 Å². The van der Waals surface area contributed by atoms with E-state index in [1.54, 1.807) is 30.3 Å². The van der Waals surface area contributed by atoms with E-state index in [1.165, 1.54) is 13.2 Å². The van der Waals surface area contributed by atoms with Gasteiger partial charge in [-0.15, -0.1) is 0 Å². The van der Waals surface area contributed by atoms with Crippen molar-refractivity contribution in [3.05, 3.63) is 48.0 Å². The predicted octanol–water partition coefficient (Wildman–Crippen LogP) is 1.35. The number of rotatable bonds is 7. The Morgan fingerprint density at radius 1 is 1.23 bits per heavy atom. The zero-order chi connectivity index (χ0) is 19.1. The summed E-state index contributed by atoms with van der Waals surface area (Å²) in [5.41, 5.74) is 0.618. The number of ether oxygens (including phenoxy) is 2. The summed E-state index contributed by atoms with van der Waals surface area (Å²) in [6.07, 6.45) is 1.33. The average molecular weight is 359 g/mol. The molecular weight excluding hydrogens is 342 g/mol. The number of nitrogens with zero attached hydrogens (tertiary/aromatic N) is 1. The number of ketones is 2. The lowest BCUT2D eigenvalue weighted by atomic mass is 10.1. The first-order valence-corrected chi connectivity index (χ1v) is 7.82. The van der Waals surface area contributed by atoms with Crippen molar-refractivity contribution in [2.45, 2.75) is 18.9 Å². The summed E-state index contributed by atoms with van der Waals surface area (Å²) < 4.78 is 9.25. The van der Waals surface area contributed by atoms with Gasteiger partial charge in [0.25, 0.3) is 5.78 Å². The zero-order valence-corrected chi connectivity index (χ0v) is 14.0. The number of Topliss-reactive ketones (excluding diaryl/α,β-unsaturated/α-hetero) is 2. The van der Waals surface area contributed by atoms with Crippen LogP contribution in [-0.2, 0) is 28.7 Å². The Morgan fingerprint density at radius 3 is 2.58 bits per heavy atom. The predicted molar refractivity (Wildman–Crippen MR) is 87.8 cm³/mol. The highest BCUT2D eigenvalue weighted by Crippen LogP contribution is 2.27. The number of cyclic esters (lactones) is 1. The normalized spacial score (nSPS) is 16.4. The van der Waals surface area contributed by atoms with Gasteiger partial charge in [-0.3, -0.25) is 14.4 Å². The Hall–Kier alpha value is -3.29. The van der Waals surface area contributed by atoms with Crippen molar-refractivity contribution in [1.82, 2.24) is 4.90 Å². The van der Waals surface area contributed by atoms with E-state index in [4.69, 9.17) is 4.74 Å². The van der Waals surface area contributed by atoms with Crippen LogP contribution < -0.4 is 0 Å². The molecule has 2 rings (SSSR count). The van der Waals surface area contributed by atoms with Crippen LogP contribution in [0.15, 0.2) is 42.5 Å². The van der Waals surface area contributed by atoms with Gasteiger partial charge in [-0.2, -0.15) is 0 Å². The molecule has 0 spiro atoms. The van der Waals surface area contributed by atoms with Gasteiger partial charge in [0.05, 0.1) is 7.11 Å². The van der Waals surface area contributed by atoms with Crippen LogP contribution in [0.1, 0.15) is 24.4 Å². The fourth-order valence-electron chi connectivity index (χ4n) is 2.37. The van der Waals surface area contributed by atoms with Gasteiger partial charge in [0.1, 0.15) is 12.6 Å². The summed E-state index contributed by atoms with van der Waals surface area (Å²) in [4.78, 5) is 59.7. The van der Waals surface area contributed by atoms with E-state index in [9.17, 15) is 24.0 Å². The summed E-state index contributed by atoms with van der Waals surface area (Å²) in [5, 5.41) is 0. The van der Waals surface area contributed by atoms with Crippen molar-refractivity contribution in [1.29, 1.82) is 0 Å². The van der Waals surface area contributed by atoms with E-state index in [0.717, 1.165) is 6.08 Å². The molecular formula is C18H17NO7. The number of esters is 1. The summed E-state index contributed by atoms with van der Waals surface area (Å²) >= 11 is 0. The molecule has 8 nitrogen and oxygen atoms in total. The number of allylic oxidation sites excluding steroid dienone is 1. The molecule has 26 heavy (non-hydrogen) atoms. The van der Waals surface area contributed by atoms with Crippen molar-refractivity contribution in [2.75, 3.05) is 13.7 Å². The van der Waals surface area contributed by atoms with Crippen molar-refractivity contribution in [2.24, 2.45) is 0 Å². The second kappa shape index (κ2) is 8.70. The Kier molecular flexibility index (Phi) is 6.37. The van der Waals surface area contributed by atoms with E-state index in [0.29, 0.717) is 10.5 Å². The summed E-state index contributed by atoms with van der Waals surface area (Å²) in [7, 11) is 1.21. The van der Waals surface area contributed by atoms with Gasteiger partial charge in [0.2, 0.25) is 5.78 Å². The maximum absolute atomic E-state index is 12.3. The monoisotopic (exact) mass is 359 g/mol. The molecule has 0 aliphatic carbocycles. The maximum atomic E-state index is 12.3. The number of hydrogen-bond donors (Lipinski definition) is 0. The third-order valence-corrected chi connectivity index (χ3v) is 3.72. The van der Waals surface area contributed by atoms with Crippen molar-refractivity contribution in [3.8, 4) is 0 Å². The standard InChI is InChI=1S/C18H17NO7/c1-25-15(21)10-6-5-9-14(20)16(22)17(23)19-13(11-26-18(19)24)12-7-3-2-4-8-12/h2-4,6-8,10,13H,5,9,11H2,1H3/b10-6+/t13-/m0/s1. The molecule has 8 heteroatoms. The molecule has 0 unspecified atom stereocenters. The number of amides is 2. The van der Waals surface area contributed by atoms with Gasteiger partial charge in [-0.05, 0) is 12.0 Å². The Balaban J connectivity index is 2.02. The van der Waals surface area contributed by atoms with Crippen LogP contribution >= 0.6 is 0 Å². The third kappa shape index (κ3) is 4.41. The highest BCUT2D eigenvalue weighted by Gasteiger charge is 2.42. The molecule has 0 saturated carbocycles. The number of methoxy groups -OCH3 is 1. The lowest BCUT2D eigenvalue weighted by Crippen LogP contribution is -2.41. The quantitative estimate of drug-likeness (QED) is 0.313. The molecule has 0 radical (unpaired) electrons. The van der Waals surface area contributed by atoms with Gasteiger partial charge in [-0.25, -0.2) is 14.5 Å². The fourth-order valence-corrected chi connectivity index (χ4v) is 2.37. The zero-order valence-electron chi connectivity index (χ0n) is 14.0. The fraction of sp³-hybridized carbons (Fsp3) is 0.278. The first-order chi connectivity index (χ1) is 12.5. The van der Waals surface area contributed by atoms with Crippen LogP contribution in [0.25, 0.3) is 0 Å². The van der Waals surface area contributed by atoms with Crippen molar-refractivity contribution in [3.63, 3.8) is 0 Å². The highest BCUT2D eigenvalue weighted by molar-refractivity contribution is 6.64. The largest absolute Gasteiger partial charge is 0.466 e. The maximum Gasteiger partial charge on any atom is 0.417 e. The molecule has 1 aromatic carbocycles. The van der Waals surface area contributed by atoms with Crippen molar-refractivity contribution < 1.29 is 33.4 Å². The van der Waals surface area contributed by atoms with E-state index < -0.39 is 35.6 Å². The topological polar surface area (TPSA) is 107 Å². The van der Waals surface area contributed by atoms with Gasteiger partial charge in [-0.1, -0.05) is 36.4 Å². The molecule has 136 valence electrons. The second-order valence-corrected chi connectivity index (χ2v) is 5.40. The smallest absolute Gasteiger partial charge is 0.417 e. The minimum absolute atomic E-state index is 0.0829. The summed E-state index contributed by atoms with van der Waals surface area (Å²) in [5.74, 6) is -4.05. The van der Waals surface area contributed by atoms with E-state index >= 15 is 0 Å². The SMILES string of the molecule is COC(=O)/C=C/CCC(=O)C(=O)C(=O)N1C(=O)OC[C@H]1c1ccccc1. The third-order valence-electron chi connectivity index (χ3n) is 3.72. The van der Waals surface area contributed by atoms with Crippen LogP contribution in [-0.4, -0.2) is 48.2 Å². The van der Waals surface area contributed by atoms with Crippen LogP contribution in [0.4, 0.5) is 4.79 Å². The Morgan fingerprint density at radius 2 is 1.92 bits per heavy atom. The molecule has 1 aliphatic heterocycles. The number of carbonyl (C=O) groups excluding carboxylic acids is 5. The van der Waals surface area contributed by atoms with Crippen LogP contribution in [0.2, 0.25) is 0 Å². The van der Waals surface area contributed by atoms with E-state index in [-0.39, 0.29) is 19.4 Å². The number of carbonyl (C=O) groups is 5. The minimum atomic E-state index is -1.30. The molecule has 1 atom stereocenters. The van der Waals surface area contributed by atoms with Gasteiger partial charge in [0.15, 0.2) is 0 Å². The molecule has 0 N–H and O–H groups in total. The van der Waals surface area contributed by atoms with Gasteiger partial charge >= 0.3 is 18.0 Å². The number of hydrogen-bond acceptors (Lipinski definition) is 7. The van der Waals surface area contributed by atoms with Crippen LogP contribution in [0, 0.1) is 0 Å². The molecule has 1 aromatic rings. The van der Waals surface area contributed by atoms with E-state index in [1.807, 2.05) is 0 Å². The van der Waals surface area contributed by atoms with Crippen molar-refractivity contribution >= 4 is 29.5 Å². The molecule has 1 fully saturated rings.